The highest BCUT2D eigenvalue weighted by molar-refractivity contribution is 6.09. The lowest BCUT2D eigenvalue weighted by Gasteiger charge is -2.24. The van der Waals surface area contributed by atoms with Crippen LogP contribution in [-0.4, -0.2) is 42.6 Å². The highest BCUT2D eigenvalue weighted by Gasteiger charge is 2.13. The summed E-state index contributed by atoms with van der Waals surface area (Å²) >= 11 is 0. The van der Waals surface area contributed by atoms with Crippen LogP contribution in [0.3, 0.4) is 0 Å². The molecule has 0 aromatic carbocycles. The summed E-state index contributed by atoms with van der Waals surface area (Å²) in [6.45, 7) is 16.7. The fourth-order valence-corrected chi connectivity index (χ4v) is 2.88. The van der Waals surface area contributed by atoms with Crippen molar-refractivity contribution in [3.63, 3.8) is 0 Å². The van der Waals surface area contributed by atoms with Gasteiger partial charge in [0.15, 0.2) is 0 Å². The molecular formula is C23H36N4. The Hall–Kier alpha value is -2.36. The fourth-order valence-electron chi connectivity index (χ4n) is 2.88. The molecule has 0 radical (unpaired) electrons. The number of nitrogens with zero attached hydrogens (tertiary/aromatic N) is 3. The Morgan fingerprint density at radius 3 is 2.74 bits per heavy atom. The third-order valence-electron chi connectivity index (χ3n) is 4.45. The van der Waals surface area contributed by atoms with Crippen molar-refractivity contribution in [2.75, 3.05) is 20.1 Å². The van der Waals surface area contributed by atoms with Crippen molar-refractivity contribution in [2.45, 2.75) is 52.5 Å². The average Bonchev–Trinajstić information content (AvgIpc) is 2.89. The summed E-state index contributed by atoms with van der Waals surface area (Å²) in [6.07, 6.45) is 16.3. The minimum Gasteiger partial charge on any atom is -0.377 e. The van der Waals surface area contributed by atoms with E-state index in [1.54, 1.807) is 6.20 Å². The van der Waals surface area contributed by atoms with Gasteiger partial charge in [-0.15, -0.1) is 0 Å². The van der Waals surface area contributed by atoms with Crippen LogP contribution in [0.15, 0.2) is 71.0 Å². The Kier molecular flexibility index (Phi) is 10.8. The molecule has 1 heterocycles. The van der Waals surface area contributed by atoms with Crippen LogP contribution < -0.4 is 5.32 Å². The van der Waals surface area contributed by atoms with E-state index in [9.17, 15) is 0 Å². The zero-order chi connectivity index (χ0) is 20.1. The standard InChI is InChI=1S/C23H36N4/c1-7-11-17-27(10-4)21(12-8-2)15-13-19(5)22-16-14-20(25-9-3)18-23(24-6)26-22/h9,12-16,22H,3,5,7-8,10-11,17-18H2,1-2,4,6H3,(H,24,26)/b15-13-,21-12+,25-20-. The minimum atomic E-state index is -0.0881. The Bertz CT molecular complexity index is 635. The lowest BCUT2D eigenvalue weighted by atomic mass is 10.1. The van der Waals surface area contributed by atoms with Gasteiger partial charge in [-0.05, 0) is 37.5 Å². The van der Waals surface area contributed by atoms with Gasteiger partial charge < -0.3 is 10.2 Å². The number of aliphatic imine (C=N–C) groups is 2. The van der Waals surface area contributed by atoms with Crippen LogP contribution in [0.2, 0.25) is 0 Å². The van der Waals surface area contributed by atoms with Gasteiger partial charge in [-0.25, -0.2) is 0 Å². The monoisotopic (exact) mass is 368 g/mol. The predicted octanol–water partition coefficient (Wildman–Crippen LogP) is 5.05. The molecule has 0 spiro atoms. The molecule has 27 heavy (non-hydrogen) atoms. The van der Waals surface area contributed by atoms with Gasteiger partial charge in [0, 0.05) is 44.2 Å². The van der Waals surface area contributed by atoms with Crippen molar-refractivity contribution in [3.8, 4) is 0 Å². The first-order valence-electron chi connectivity index (χ1n) is 10.0. The molecule has 4 nitrogen and oxygen atoms in total. The number of rotatable bonds is 10. The van der Waals surface area contributed by atoms with Gasteiger partial charge in [0.1, 0.15) is 5.84 Å². The van der Waals surface area contributed by atoms with E-state index in [4.69, 9.17) is 4.99 Å². The number of hydrogen-bond donors (Lipinski definition) is 1. The van der Waals surface area contributed by atoms with Gasteiger partial charge in [0.25, 0.3) is 0 Å². The third kappa shape index (κ3) is 7.81. The lowest BCUT2D eigenvalue weighted by molar-refractivity contribution is 0.364. The highest BCUT2D eigenvalue weighted by atomic mass is 15.1. The summed E-state index contributed by atoms with van der Waals surface area (Å²) in [5, 5.41) is 3.16. The lowest BCUT2D eigenvalue weighted by Crippen LogP contribution is -2.23. The van der Waals surface area contributed by atoms with Gasteiger partial charge >= 0.3 is 0 Å². The molecule has 148 valence electrons. The Balaban J connectivity index is 2.98. The molecule has 1 N–H and O–H groups in total. The molecule has 0 aromatic rings. The zero-order valence-electron chi connectivity index (χ0n) is 17.5. The van der Waals surface area contributed by atoms with E-state index in [1.807, 2.05) is 13.1 Å². The largest absolute Gasteiger partial charge is 0.377 e. The maximum Gasteiger partial charge on any atom is 0.103 e. The molecular weight excluding hydrogens is 332 g/mol. The summed E-state index contributed by atoms with van der Waals surface area (Å²) < 4.78 is 0. The second-order valence-corrected chi connectivity index (χ2v) is 6.49. The highest BCUT2D eigenvalue weighted by Crippen LogP contribution is 2.16. The van der Waals surface area contributed by atoms with E-state index >= 15 is 0 Å². The Labute approximate surface area is 165 Å². The first-order valence-corrected chi connectivity index (χ1v) is 10.0. The zero-order valence-corrected chi connectivity index (χ0v) is 17.5. The first-order chi connectivity index (χ1) is 13.1. The van der Waals surface area contributed by atoms with Crippen LogP contribution in [-0.2, 0) is 0 Å². The van der Waals surface area contributed by atoms with Crippen molar-refractivity contribution in [1.82, 2.24) is 10.2 Å². The molecule has 1 atom stereocenters. The SMILES string of the molecule is C=C/N=C1/C=CC(C(=C)/C=C\C(=C/CC)N(CC)CCCC)N=C(NC)C1. The van der Waals surface area contributed by atoms with Crippen LogP contribution in [0.1, 0.15) is 46.5 Å². The molecule has 1 rings (SSSR count). The van der Waals surface area contributed by atoms with E-state index in [2.05, 4.69) is 73.4 Å². The summed E-state index contributed by atoms with van der Waals surface area (Å²) in [6, 6.07) is -0.0881. The smallest absolute Gasteiger partial charge is 0.103 e. The number of hydrogen-bond acceptors (Lipinski definition) is 4. The second kappa shape index (κ2) is 12.9. The maximum atomic E-state index is 4.78. The van der Waals surface area contributed by atoms with Gasteiger partial charge in [-0.1, -0.05) is 51.7 Å². The molecule has 0 amide bonds. The van der Waals surface area contributed by atoms with Gasteiger partial charge in [0.05, 0.1) is 6.04 Å². The van der Waals surface area contributed by atoms with E-state index < -0.39 is 0 Å². The number of allylic oxidation sites excluding steroid dienone is 3. The molecule has 4 heteroatoms. The number of likely N-dealkylation sites (N-methyl/N-ethyl adjacent to an activating group) is 1. The molecule has 0 saturated carbocycles. The molecule has 0 aromatic heterocycles. The van der Waals surface area contributed by atoms with Gasteiger partial charge in [0.2, 0.25) is 0 Å². The van der Waals surface area contributed by atoms with Crippen LogP contribution >= 0.6 is 0 Å². The van der Waals surface area contributed by atoms with E-state index in [1.165, 1.54) is 18.5 Å². The summed E-state index contributed by atoms with van der Waals surface area (Å²) in [5.41, 5.74) is 3.17. The summed E-state index contributed by atoms with van der Waals surface area (Å²) in [7, 11) is 1.89. The Morgan fingerprint density at radius 2 is 2.15 bits per heavy atom. The van der Waals surface area contributed by atoms with Crippen molar-refractivity contribution in [2.24, 2.45) is 9.98 Å². The van der Waals surface area contributed by atoms with Crippen LogP contribution in [0.5, 0.6) is 0 Å². The third-order valence-corrected chi connectivity index (χ3v) is 4.45. The van der Waals surface area contributed by atoms with E-state index in [-0.39, 0.29) is 6.04 Å². The van der Waals surface area contributed by atoms with Crippen molar-refractivity contribution in [3.05, 3.63) is 61.0 Å². The second-order valence-electron chi connectivity index (χ2n) is 6.49. The van der Waals surface area contributed by atoms with Gasteiger partial charge in [-0.3, -0.25) is 9.98 Å². The molecule has 1 aliphatic heterocycles. The quantitative estimate of drug-likeness (QED) is 0.548. The molecule has 0 fully saturated rings. The molecule has 0 saturated heterocycles. The topological polar surface area (TPSA) is 40.0 Å². The van der Waals surface area contributed by atoms with Crippen LogP contribution in [0.4, 0.5) is 0 Å². The molecule has 1 aliphatic rings. The number of unbranched alkanes of at least 4 members (excludes halogenated alkanes) is 1. The number of amidine groups is 1. The minimum absolute atomic E-state index is 0.0881. The number of nitrogens with one attached hydrogen (secondary N) is 1. The Morgan fingerprint density at radius 1 is 1.37 bits per heavy atom. The summed E-state index contributed by atoms with van der Waals surface area (Å²) in [4.78, 5) is 11.5. The van der Waals surface area contributed by atoms with Gasteiger partial charge in [-0.2, -0.15) is 0 Å². The molecule has 0 bridgehead atoms. The average molecular weight is 369 g/mol. The molecule has 0 aliphatic carbocycles. The fraction of sp³-hybridized carbons (Fsp3) is 0.478. The van der Waals surface area contributed by atoms with Crippen molar-refractivity contribution >= 4 is 11.5 Å². The maximum absolute atomic E-state index is 4.78. The van der Waals surface area contributed by atoms with E-state index in [0.717, 1.165) is 36.6 Å². The normalized spacial score (nSPS) is 19.1. The molecule has 1 unspecified atom stereocenters. The van der Waals surface area contributed by atoms with Crippen molar-refractivity contribution in [1.29, 1.82) is 0 Å². The van der Waals surface area contributed by atoms with E-state index in [0.29, 0.717) is 6.42 Å². The van der Waals surface area contributed by atoms with Crippen LogP contribution in [0.25, 0.3) is 0 Å². The first kappa shape index (κ1) is 22.7. The van der Waals surface area contributed by atoms with Crippen LogP contribution in [0, 0.1) is 0 Å². The predicted molar refractivity (Wildman–Crippen MR) is 120 cm³/mol. The summed E-state index contributed by atoms with van der Waals surface area (Å²) in [5.74, 6) is 0.905. The van der Waals surface area contributed by atoms with Crippen molar-refractivity contribution < 1.29 is 0 Å².